The smallest absolute Gasteiger partial charge is 0.0665 e. The van der Waals surface area contributed by atoms with Crippen molar-refractivity contribution in [2.45, 2.75) is 25.3 Å². The first-order valence-electron chi connectivity index (χ1n) is 6.45. The molecule has 1 fully saturated rings. The van der Waals surface area contributed by atoms with Crippen LogP contribution in [0.25, 0.3) is 0 Å². The first kappa shape index (κ1) is 12.4. The topological polar surface area (TPSA) is 44.3 Å². The Labute approximate surface area is 103 Å². The predicted octanol–water partition coefficient (Wildman–Crippen LogP) is 1.85. The fourth-order valence-corrected chi connectivity index (χ4v) is 2.74. The maximum Gasteiger partial charge on any atom is 0.0665 e. The second-order valence-electron chi connectivity index (χ2n) is 4.86. The second kappa shape index (κ2) is 5.52. The van der Waals surface area contributed by atoms with Crippen LogP contribution in [0.5, 0.6) is 0 Å². The van der Waals surface area contributed by atoms with Gasteiger partial charge in [-0.1, -0.05) is 25.1 Å². The van der Waals surface area contributed by atoms with E-state index in [9.17, 15) is 5.11 Å². The number of aliphatic hydroxyl groups is 1. The van der Waals surface area contributed by atoms with Gasteiger partial charge in [-0.3, -0.25) is 0 Å². The number of hydrogen-bond donors (Lipinski definition) is 3. The minimum atomic E-state index is -0.165. The number of anilines is 1. The van der Waals surface area contributed by atoms with Gasteiger partial charge in [0.2, 0.25) is 0 Å². The summed E-state index contributed by atoms with van der Waals surface area (Å²) in [6.45, 7) is 4.34. The first-order chi connectivity index (χ1) is 8.30. The summed E-state index contributed by atoms with van der Waals surface area (Å²) in [5.41, 5.74) is 0.934. The van der Waals surface area contributed by atoms with Crippen LogP contribution in [-0.4, -0.2) is 30.3 Å². The molecule has 1 saturated heterocycles. The molecule has 94 valence electrons. The SMILES string of the molecule is CCC1CNCCC1(CO)Nc1ccccc1. The van der Waals surface area contributed by atoms with Gasteiger partial charge in [0.25, 0.3) is 0 Å². The molecule has 1 aliphatic rings. The van der Waals surface area contributed by atoms with E-state index >= 15 is 0 Å². The van der Waals surface area contributed by atoms with E-state index in [1.807, 2.05) is 18.2 Å². The van der Waals surface area contributed by atoms with Gasteiger partial charge in [0.05, 0.1) is 12.1 Å². The number of piperidine rings is 1. The van der Waals surface area contributed by atoms with E-state index in [0.29, 0.717) is 5.92 Å². The molecule has 2 rings (SSSR count). The Morgan fingerprint density at radius 3 is 2.82 bits per heavy atom. The van der Waals surface area contributed by atoms with Crippen molar-refractivity contribution in [1.82, 2.24) is 5.32 Å². The molecule has 1 heterocycles. The third kappa shape index (κ3) is 2.61. The van der Waals surface area contributed by atoms with Crippen molar-refractivity contribution in [2.75, 3.05) is 25.0 Å². The van der Waals surface area contributed by atoms with Crippen molar-refractivity contribution in [3.05, 3.63) is 30.3 Å². The van der Waals surface area contributed by atoms with Crippen LogP contribution in [0.3, 0.4) is 0 Å². The molecule has 0 spiro atoms. The van der Waals surface area contributed by atoms with E-state index in [2.05, 4.69) is 29.7 Å². The van der Waals surface area contributed by atoms with E-state index in [-0.39, 0.29) is 12.1 Å². The molecule has 3 nitrogen and oxygen atoms in total. The van der Waals surface area contributed by atoms with E-state index in [0.717, 1.165) is 31.6 Å². The molecule has 0 amide bonds. The van der Waals surface area contributed by atoms with Gasteiger partial charge < -0.3 is 15.7 Å². The lowest BCUT2D eigenvalue weighted by atomic mass is 9.77. The fourth-order valence-electron chi connectivity index (χ4n) is 2.74. The highest BCUT2D eigenvalue weighted by molar-refractivity contribution is 5.45. The van der Waals surface area contributed by atoms with Crippen molar-refractivity contribution >= 4 is 5.69 Å². The van der Waals surface area contributed by atoms with Crippen molar-refractivity contribution < 1.29 is 5.11 Å². The standard InChI is InChI=1S/C14H22N2O/c1-2-12-10-15-9-8-14(12,11-17)16-13-6-4-3-5-7-13/h3-7,12,15-17H,2,8-11H2,1H3. The molecule has 3 heteroatoms. The van der Waals surface area contributed by atoms with Crippen LogP contribution in [0.15, 0.2) is 30.3 Å². The molecule has 2 unspecified atom stereocenters. The zero-order valence-corrected chi connectivity index (χ0v) is 10.4. The van der Waals surface area contributed by atoms with Gasteiger partial charge >= 0.3 is 0 Å². The predicted molar refractivity (Wildman–Crippen MR) is 71.1 cm³/mol. The Morgan fingerprint density at radius 2 is 2.18 bits per heavy atom. The maximum absolute atomic E-state index is 9.81. The Morgan fingerprint density at radius 1 is 1.41 bits per heavy atom. The number of aliphatic hydroxyl groups excluding tert-OH is 1. The third-order valence-corrected chi connectivity index (χ3v) is 3.86. The molecule has 0 radical (unpaired) electrons. The monoisotopic (exact) mass is 234 g/mol. The van der Waals surface area contributed by atoms with Gasteiger partial charge in [-0.2, -0.15) is 0 Å². The number of rotatable bonds is 4. The zero-order valence-electron chi connectivity index (χ0n) is 10.4. The Balaban J connectivity index is 2.17. The molecule has 17 heavy (non-hydrogen) atoms. The Hall–Kier alpha value is -1.06. The summed E-state index contributed by atoms with van der Waals surface area (Å²) in [5.74, 6) is 0.474. The quantitative estimate of drug-likeness (QED) is 0.745. The number of benzene rings is 1. The molecule has 0 aromatic heterocycles. The van der Waals surface area contributed by atoms with Crippen LogP contribution < -0.4 is 10.6 Å². The average molecular weight is 234 g/mol. The molecular weight excluding hydrogens is 212 g/mol. The van der Waals surface area contributed by atoms with Gasteiger partial charge in [0, 0.05) is 12.2 Å². The van der Waals surface area contributed by atoms with Crippen molar-refractivity contribution in [3.8, 4) is 0 Å². The Bertz CT molecular complexity index is 341. The van der Waals surface area contributed by atoms with Crippen LogP contribution in [0.4, 0.5) is 5.69 Å². The van der Waals surface area contributed by atoms with E-state index < -0.39 is 0 Å². The van der Waals surface area contributed by atoms with Gasteiger partial charge in [-0.05, 0) is 37.4 Å². The van der Waals surface area contributed by atoms with Gasteiger partial charge in [-0.25, -0.2) is 0 Å². The molecule has 0 aliphatic carbocycles. The number of nitrogens with one attached hydrogen (secondary N) is 2. The molecule has 1 aromatic rings. The van der Waals surface area contributed by atoms with Crippen molar-refractivity contribution in [3.63, 3.8) is 0 Å². The van der Waals surface area contributed by atoms with Crippen molar-refractivity contribution in [2.24, 2.45) is 5.92 Å². The maximum atomic E-state index is 9.81. The average Bonchev–Trinajstić information content (AvgIpc) is 2.40. The lowest BCUT2D eigenvalue weighted by Crippen LogP contribution is -2.57. The van der Waals surface area contributed by atoms with Crippen LogP contribution in [0.1, 0.15) is 19.8 Å². The van der Waals surface area contributed by atoms with Gasteiger partial charge in [0.15, 0.2) is 0 Å². The summed E-state index contributed by atoms with van der Waals surface area (Å²) in [4.78, 5) is 0. The van der Waals surface area contributed by atoms with Crippen LogP contribution in [0.2, 0.25) is 0 Å². The van der Waals surface area contributed by atoms with E-state index in [1.54, 1.807) is 0 Å². The summed E-state index contributed by atoms with van der Waals surface area (Å²) in [6, 6.07) is 10.2. The third-order valence-electron chi connectivity index (χ3n) is 3.86. The minimum absolute atomic E-state index is 0.165. The molecule has 3 N–H and O–H groups in total. The first-order valence-corrected chi connectivity index (χ1v) is 6.45. The molecule has 2 atom stereocenters. The molecule has 0 saturated carbocycles. The Kier molecular flexibility index (Phi) is 4.02. The fraction of sp³-hybridized carbons (Fsp3) is 0.571. The van der Waals surface area contributed by atoms with Gasteiger partial charge in [-0.15, -0.1) is 0 Å². The van der Waals surface area contributed by atoms with E-state index in [4.69, 9.17) is 0 Å². The highest BCUT2D eigenvalue weighted by Gasteiger charge is 2.39. The summed E-state index contributed by atoms with van der Waals surface area (Å²) in [5, 5.41) is 16.8. The molecule has 1 aliphatic heterocycles. The highest BCUT2D eigenvalue weighted by atomic mass is 16.3. The van der Waals surface area contributed by atoms with E-state index in [1.165, 1.54) is 0 Å². The lowest BCUT2D eigenvalue weighted by molar-refractivity contribution is 0.124. The molecular formula is C14H22N2O. The largest absolute Gasteiger partial charge is 0.394 e. The summed E-state index contributed by atoms with van der Waals surface area (Å²) >= 11 is 0. The molecule has 1 aromatic carbocycles. The molecule has 0 bridgehead atoms. The lowest BCUT2D eigenvalue weighted by Gasteiger charge is -2.44. The summed E-state index contributed by atoms with van der Waals surface area (Å²) in [6.07, 6.45) is 2.05. The van der Waals surface area contributed by atoms with Crippen LogP contribution in [0, 0.1) is 5.92 Å². The number of para-hydroxylation sites is 1. The van der Waals surface area contributed by atoms with Crippen LogP contribution in [-0.2, 0) is 0 Å². The minimum Gasteiger partial charge on any atom is -0.394 e. The highest BCUT2D eigenvalue weighted by Crippen LogP contribution is 2.30. The number of hydrogen-bond acceptors (Lipinski definition) is 3. The van der Waals surface area contributed by atoms with Gasteiger partial charge in [0.1, 0.15) is 0 Å². The zero-order chi connectivity index (χ0) is 12.1. The summed E-state index contributed by atoms with van der Waals surface area (Å²) < 4.78 is 0. The van der Waals surface area contributed by atoms with Crippen LogP contribution >= 0.6 is 0 Å². The van der Waals surface area contributed by atoms with Crippen molar-refractivity contribution in [1.29, 1.82) is 0 Å². The summed E-state index contributed by atoms with van der Waals surface area (Å²) in [7, 11) is 0. The second-order valence-corrected chi connectivity index (χ2v) is 4.86. The normalized spacial score (nSPS) is 28.9.